The fourth-order valence-electron chi connectivity index (χ4n) is 6.20. The summed E-state index contributed by atoms with van der Waals surface area (Å²) in [6, 6.07) is 23.1. The van der Waals surface area contributed by atoms with Crippen molar-refractivity contribution in [3.63, 3.8) is 0 Å². The van der Waals surface area contributed by atoms with Gasteiger partial charge in [-0.15, -0.1) is 0 Å². The SMILES string of the molecule is COc1ccc(CN2CCC3(CCN(CCC(NC(=O)c4ccc(OC)c(OC)c4)c4ccccc4)CC3)C2=O)cc1. The summed E-state index contributed by atoms with van der Waals surface area (Å²) in [6.45, 7) is 4.06. The summed E-state index contributed by atoms with van der Waals surface area (Å²) in [6.07, 6.45) is 3.44. The van der Waals surface area contributed by atoms with E-state index in [1.807, 2.05) is 47.4 Å². The number of carbonyl (C=O) groups is 2. The fourth-order valence-corrected chi connectivity index (χ4v) is 6.20. The number of piperidine rings is 1. The number of likely N-dealkylation sites (tertiary alicyclic amines) is 2. The van der Waals surface area contributed by atoms with Gasteiger partial charge < -0.3 is 29.3 Å². The number of hydrogen-bond acceptors (Lipinski definition) is 6. The van der Waals surface area contributed by atoms with Crippen LogP contribution >= 0.6 is 0 Å². The molecule has 3 aromatic rings. The molecule has 8 heteroatoms. The van der Waals surface area contributed by atoms with Crippen LogP contribution in [0.2, 0.25) is 0 Å². The lowest BCUT2D eigenvalue weighted by molar-refractivity contribution is -0.138. The number of ether oxygens (including phenoxy) is 3. The second kappa shape index (κ2) is 13.3. The van der Waals surface area contributed by atoms with Crippen molar-refractivity contribution in [2.75, 3.05) is 47.5 Å². The Bertz CT molecular complexity index is 1350. The van der Waals surface area contributed by atoms with Crippen LogP contribution < -0.4 is 19.5 Å². The van der Waals surface area contributed by atoms with Crippen molar-refractivity contribution in [1.29, 1.82) is 0 Å². The maximum atomic E-state index is 13.5. The number of methoxy groups -OCH3 is 3. The van der Waals surface area contributed by atoms with Gasteiger partial charge in [-0.2, -0.15) is 0 Å². The zero-order chi connectivity index (χ0) is 29.5. The van der Waals surface area contributed by atoms with Crippen molar-refractivity contribution >= 4 is 11.8 Å². The van der Waals surface area contributed by atoms with E-state index in [1.54, 1.807) is 39.5 Å². The lowest BCUT2D eigenvalue weighted by atomic mass is 9.77. The minimum atomic E-state index is -0.247. The second-order valence-corrected chi connectivity index (χ2v) is 11.2. The Balaban J connectivity index is 1.17. The van der Waals surface area contributed by atoms with Crippen molar-refractivity contribution in [2.24, 2.45) is 5.41 Å². The lowest BCUT2D eigenvalue weighted by Crippen LogP contribution is -2.45. The highest BCUT2D eigenvalue weighted by Crippen LogP contribution is 2.42. The smallest absolute Gasteiger partial charge is 0.251 e. The normalized spacial score (nSPS) is 17.2. The van der Waals surface area contributed by atoms with Gasteiger partial charge in [0.2, 0.25) is 5.91 Å². The van der Waals surface area contributed by atoms with Crippen molar-refractivity contribution in [3.05, 3.63) is 89.5 Å². The molecule has 1 atom stereocenters. The van der Waals surface area contributed by atoms with Gasteiger partial charge in [0.15, 0.2) is 11.5 Å². The van der Waals surface area contributed by atoms with Gasteiger partial charge in [0.1, 0.15) is 5.75 Å². The molecule has 2 aliphatic rings. The number of nitrogens with zero attached hydrogens (tertiary/aromatic N) is 2. The highest BCUT2D eigenvalue weighted by atomic mass is 16.5. The molecule has 3 aromatic carbocycles. The maximum Gasteiger partial charge on any atom is 0.251 e. The molecule has 0 bridgehead atoms. The Morgan fingerprint density at radius 3 is 2.21 bits per heavy atom. The van der Waals surface area contributed by atoms with E-state index in [1.165, 1.54) is 0 Å². The largest absolute Gasteiger partial charge is 0.497 e. The standard InChI is InChI=1S/C34H41N3O5/c1-40-28-12-9-25(10-13-28)24-37-22-18-34(33(37)39)16-20-36(21-17-34)19-15-29(26-7-5-4-6-8-26)35-32(38)27-11-14-30(41-2)31(23-27)42-3/h4-14,23,29H,15-22,24H2,1-3H3,(H,35,38). The van der Waals surface area contributed by atoms with Crippen molar-refractivity contribution in [2.45, 2.75) is 38.3 Å². The fraction of sp³-hybridized carbons (Fsp3) is 0.412. The van der Waals surface area contributed by atoms with Crippen LogP contribution in [0.5, 0.6) is 17.2 Å². The first-order valence-electron chi connectivity index (χ1n) is 14.7. The molecule has 2 saturated heterocycles. The van der Waals surface area contributed by atoms with E-state index in [0.29, 0.717) is 29.5 Å². The minimum Gasteiger partial charge on any atom is -0.497 e. The zero-order valence-corrected chi connectivity index (χ0v) is 24.8. The van der Waals surface area contributed by atoms with Crippen LogP contribution in [0.15, 0.2) is 72.8 Å². The number of hydrogen-bond donors (Lipinski definition) is 1. The summed E-state index contributed by atoms with van der Waals surface area (Å²) < 4.78 is 16.0. The van der Waals surface area contributed by atoms with Gasteiger partial charge in [-0.1, -0.05) is 42.5 Å². The molecule has 2 aliphatic heterocycles. The maximum absolute atomic E-state index is 13.5. The average Bonchev–Trinajstić information content (AvgIpc) is 3.33. The first-order chi connectivity index (χ1) is 20.4. The van der Waals surface area contributed by atoms with E-state index in [4.69, 9.17) is 14.2 Å². The molecule has 2 heterocycles. The molecule has 0 aromatic heterocycles. The average molecular weight is 572 g/mol. The molecule has 0 radical (unpaired) electrons. The van der Waals surface area contributed by atoms with Gasteiger partial charge in [-0.3, -0.25) is 9.59 Å². The van der Waals surface area contributed by atoms with E-state index in [-0.39, 0.29) is 17.4 Å². The van der Waals surface area contributed by atoms with E-state index < -0.39 is 0 Å². The third-order valence-corrected chi connectivity index (χ3v) is 8.83. The molecule has 42 heavy (non-hydrogen) atoms. The van der Waals surface area contributed by atoms with Crippen LogP contribution in [0.3, 0.4) is 0 Å². The van der Waals surface area contributed by atoms with Gasteiger partial charge in [0.25, 0.3) is 5.91 Å². The molecule has 1 N–H and O–H groups in total. The van der Waals surface area contributed by atoms with Gasteiger partial charge in [-0.25, -0.2) is 0 Å². The number of rotatable bonds is 11. The van der Waals surface area contributed by atoms with Crippen molar-refractivity contribution in [3.8, 4) is 17.2 Å². The van der Waals surface area contributed by atoms with Gasteiger partial charge in [0, 0.05) is 25.2 Å². The van der Waals surface area contributed by atoms with Crippen LogP contribution in [-0.4, -0.2) is 69.1 Å². The summed E-state index contributed by atoms with van der Waals surface area (Å²) in [5.74, 6) is 2.07. The highest BCUT2D eigenvalue weighted by Gasteiger charge is 2.47. The van der Waals surface area contributed by atoms with Gasteiger partial charge in [0.05, 0.1) is 32.8 Å². The first-order valence-corrected chi connectivity index (χ1v) is 14.7. The third-order valence-electron chi connectivity index (χ3n) is 8.83. The molecule has 8 nitrogen and oxygen atoms in total. The molecule has 1 unspecified atom stereocenters. The predicted octanol–water partition coefficient (Wildman–Crippen LogP) is 5.09. The Labute approximate surface area is 248 Å². The molecular formula is C34H41N3O5. The van der Waals surface area contributed by atoms with Gasteiger partial charge >= 0.3 is 0 Å². The van der Waals surface area contributed by atoms with E-state index >= 15 is 0 Å². The zero-order valence-electron chi connectivity index (χ0n) is 24.8. The van der Waals surface area contributed by atoms with E-state index in [2.05, 4.69) is 22.3 Å². The number of benzene rings is 3. The Morgan fingerprint density at radius 1 is 0.857 bits per heavy atom. The quantitative estimate of drug-likeness (QED) is 0.346. The summed E-state index contributed by atoms with van der Waals surface area (Å²) in [7, 11) is 4.80. The molecule has 0 aliphatic carbocycles. The summed E-state index contributed by atoms with van der Waals surface area (Å²) in [5, 5.41) is 3.24. The van der Waals surface area contributed by atoms with Crippen molar-refractivity contribution in [1.82, 2.24) is 15.1 Å². The van der Waals surface area contributed by atoms with E-state index in [0.717, 1.165) is 68.7 Å². The summed E-state index contributed by atoms with van der Waals surface area (Å²) in [4.78, 5) is 31.3. The Kier molecular flexibility index (Phi) is 9.32. The summed E-state index contributed by atoms with van der Waals surface area (Å²) >= 11 is 0. The Hall–Kier alpha value is -4.04. The van der Waals surface area contributed by atoms with Crippen LogP contribution in [0, 0.1) is 5.41 Å². The molecular weight excluding hydrogens is 530 g/mol. The number of nitrogens with one attached hydrogen (secondary N) is 1. The minimum absolute atomic E-state index is 0.143. The molecule has 2 amide bonds. The molecule has 0 saturated carbocycles. The number of amides is 2. The molecule has 222 valence electrons. The summed E-state index contributed by atoms with van der Waals surface area (Å²) in [5.41, 5.74) is 2.47. The van der Waals surface area contributed by atoms with Crippen LogP contribution in [0.25, 0.3) is 0 Å². The van der Waals surface area contributed by atoms with Gasteiger partial charge in [-0.05, 0) is 80.2 Å². The first kappa shape index (κ1) is 29.5. The van der Waals surface area contributed by atoms with E-state index in [9.17, 15) is 9.59 Å². The molecule has 5 rings (SSSR count). The second-order valence-electron chi connectivity index (χ2n) is 11.2. The van der Waals surface area contributed by atoms with Crippen LogP contribution in [0.1, 0.15) is 53.2 Å². The van der Waals surface area contributed by atoms with Crippen LogP contribution in [-0.2, 0) is 11.3 Å². The lowest BCUT2D eigenvalue weighted by Gasteiger charge is -2.38. The van der Waals surface area contributed by atoms with Crippen molar-refractivity contribution < 1.29 is 23.8 Å². The predicted molar refractivity (Wildman–Crippen MR) is 162 cm³/mol. The monoisotopic (exact) mass is 571 g/mol. The number of carbonyl (C=O) groups excluding carboxylic acids is 2. The topological polar surface area (TPSA) is 80.3 Å². The van der Waals surface area contributed by atoms with Crippen LogP contribution in [0.4, 0.5) is 0 Å². The third kappa shape index (κ3) is 6.54. The highest BCUT2D eigenvalue weighted by molar-refractivity contribution is 5.95. The molecule has 1 spiro atoms. The molecule has 2 fully saturated rings. The Morgan fingerprint density at radius 2 is 1.55 bits per heavy atom.